The summed E-state index contributed by atoms with van der Waals surface area (Å²) in [5.74, 6) is -0.229. The Morgan fingerprint density at radius 3 is 2.47 bits per heavy atom. The molecule has 0 saturated heterocycles. The van der Waals surface area contributed by atoms with Crippen LogP contribution in [0.2, 0.25) is 0 Å². The van der Waals surface area contributed by atoms with Crippen LogP contribution in [0.1, 0.15) is 17.5 Å². The monoisotopic (exact) mass is 261 g/mol. The van der Waals surface area contributed by atoms with Gasteiger partial charge in [0.1, 0.15) is 0 Å². The molecular weight excluding hydrogens is 246 g/mol. The zero-order valence-electron chi connectivity index (χ0n) is 10.5. The number of hydrogen-bond acceptors (Lipinski definition) is 3. The van der Waals surface area contributed by atoms with Gasteiger partial charge in [0.25, 0.3) is 0 Å². The van der Waals surface area contributed by atoms with E-state index in [4.69, 9.17) is 10.4 Å². The van der Waals surface area contributed by atoms with Gasteiger partial charge in [-0.2, -0.15) is 5.26 Å². The van der Waals surface area contributed by atoms with E-state index in [9.17, 15) is 9.59 Å². The fraction of sp³-hybridized carbons (Fsp3) is 0.308. The quantitative estimate of drug-likeness (QED) is 0.731. The first-order valence-corrected chi connectivity index (χ1v) is 5.74. The summed E-state index contributed by atoms with van der Waals surface area (Å²) < 4.78 is 0. The summed E-state index contributed by atoms with van der Waals surface area (Å²) in [6.07, 6.45) is -0.698. The number of hydrogen-bond donors (Lipinski definition) is 3. The number of nitrogens with one attached hydrogen (secondary N) is 2. The van der Waals surface area contributed by atoms with Crippen molar-refractivity contribution >= 4 is 12.0 Å². The van der Waals surface area contributed by atoms with E-state index >= 15 is 0 Å². The second kappa shape index (κ2) is 7.01. The van der Waals surface area contributed by atoms with Crippen LogP contribution in [0.5, 0.6) is 0 Å². The molecule has 0 radical (unpaired) electrons. The van der Waals surface area contributed by atoms with Gasteiger partial charge in [0.05, 0.1) is 11.6 Å². The summed E-state index contributed by atoms with van der Waals surface area (Å²) in [6.45, 7) is 0. The van der Waals surface area contributed by atoms with Crippen LogP contribution >= 0.6 is 0 Å². The molecule has 1 aromatic carbocycles. The maximum atomic E-state index is 11.3. The fourth-order valence-electron chi connectivity index (χ4n) is 1.67. The lowest BCUT2D eigenvalue weighted by molar-refractivity contribution is -0.121. The van der Waals surface area contributed by atoms with Crippen LogP contribution in [0, 0.1) is 11.3 Å². The lowest BCUT2D eigenvalue weighted by Gasteiger charge is -2.16. The van der Waals surface area contributed by atoms with Crippen LogP contribution in [0.3, 0.4) is 0 Å². The highest BCUT2D eigenvalue weighted by Gasteiger charge is 2.15. The number of rotatable bonds is 5. The SMILES string of the molecule is CNC(=O)CC(Cc1ccc(C#N)cc1)NC(=O)O. The third kappa shape index (κ3) is 5.08. The number of nitriles is 1. The molecular formula is C13H15N3O3. The molecule has 19 heavy (non-hydrogen) atoms. The van der Waals surface area contributed by atoms with Gasteiger partial charge in [-0.05, 0) is 24.1 Å². The summed E-state index contributed by atoms with van der Waals surface area (Å²) in [5.41, 5.74) is 1.40. The number of amides is 2. The lowest BCUT2D eigenvalue weighted by Crippen LogP contribution is -2.39. The molecule has 0 saturated carbocycles. The van der Waals surface area contributed by atoms with Crippen molar-refractivity contribution in [3.05, 3.63) is 35.4 Å². The van der Waals surface area contributed by atoms with Crippen LogP contribution in [-0.4, -0.2) is 30.2 Å². The van der Waals surface area contributed by atoms with Crippen LogP contribution in [0.15, 0.2) is 24.3 Å². The smallest absolute Gasteiger partial charge is 0.404 e. The van der Waals surface area contributed by atoms with Crippen LogP contribution in [0.4, 0.5) is 4.79 Å². The average molecular weight is 261 g/mol. The molecule has 3 N–H and O–H groups in total. The van der Waals surface area contributed by atoms with Crippen molar-refractivity contribution < 1.29 is 14.7 Å². The van der Waals surface area contributed by atoms with Gasteiger partial charge in [-0.3, -0.25) is 4.79 Å². The molecule has 1 atom stereocenters. The van der Waals surface area contributed by atoms with E-state index in [0.29, 0.717) is 12.0 Å². The second-order valence-electron chi connectivity index (χ2n) is 4.04. The van der Waals surface area contributed by atoms with Crippen molar-refractivity contribution in [2.24, 2.45) is 0 Å². The Labute approximate surface area is 111 Å². The zero-order chi connectivity index (χ0) is 14.3. The van der Waals surface area contributed by atoms with Gasteiger partial charge in [0.2, 0.25) is 5.91 Å². The van der Waals surface area contributed by atoms with Gasteiger partial charge in [-0.25, -0.2) is 4.79 Å². The van der Waals surface area contributed by atoms with Crippen molar-refractivity contribution in [3.8, 4) is 6.07 Å². The highest BCUT2D eigenvalue weighted by atomic mass is 16.4. The third-order valence-corrected chi connectivity index (χ3v) is 2.60. The van der Waals surface area contributed by atoms with Crippen molar-refractivity contribution in [2.75, 3.05) is 7.05 Å². The number of benzene rings is 1. The van der Waals surface area contributed by atoms with Gasteiger partial charge in [0.15, 0.2) is 0 Å². The standard InChI is InChI=1S/C13H15N3O3/c1-15-12(17)7-11(16-13(18)19)6-9-2-4-10(8-14)5-3-9/h2-5,11,16H,6-7H2,1H3,(H,15,17)(H,18,19). The maximum absolute atomic E-state index is 11.3. The number of carbonyl (C=O) groups is 2. The van der Waals surface area contributed by atoms with Crippen LogP contribution in [0.25, 0.3) is 0 Å². The normalized spacial score (nSPS) is 11.2. The Kier molecular flexibility index (Phi) is 5.35. The number of carboxylic acid groups (broad SMARTS) is 1. The molecule has 0 aliphatic heterocycles. The molecule has 0 heterocycles. The Balaban J connectivity index is 2.72. The summed E-state index contributed by atoms with van der Waals surface area (Å²) in [5, 5.41) is 22.2. The zero-order valence-corrected chi connectivity index (χ0v) is 10.5. The van der Waals surface area contributed by atoms with Crippen molar-refractivity contribution in [2.45, 2.75) is 18.9 Å². The first-order valence-electron chi connectivity index (χ1n) is 5.74. The molecule has 1 aromatic rings. The van der Waals surface area contributed by atoms with Gasteiger partial charge in [-0.1, -0.05) is 12.1 Å². The van der Waals surface area contributed by atoms with Crippen molar-refractivity contribution in [3.63, 3.8) is 0 Å². The molecule has 0 bridgehead atoms. The van der Waals surface area contributed by atoms with E-state index in [1.54, 1.807) is 24.3 Å². The third-order valence-electron chi connectivity index (χ3n) is 2.60. The molecule has 6 heteroatoms. The minimum atomic E-state index is -1.16. The van der Waals surface area contributed by atoms with E-state index in [-0.39, 0.29) is 12.3 Å². The molecule has 1 unspecified atom stereocenters. The van der Waals surface area contributed by atoms with Gasteiger partial charge >= 0.3 is 6.09 Å². The Morgan fingerprint density at radius 1 is 1.37 bits per heavy atom. The summed E-state index contributed by atoms with van der Waals surface area (Å²) in [4.78, 5) is 22.0. The summed E-state index contributed by atoms with van der Waals surface area (Å²) in [6, 6.07) is 8.33. The van der Waals surface area contributed by atoms with Gasteiger partial charge in [-0.15, -0.1) is 0 Å². The molecule has 0 fully saturated rings. The number of nitrogens with zero attached hydrogens (tertiary/aromatic N) is 1. The first kappa shape index (κ1) is 14.5. The van der Waals surface area contributed by atoms with Gasteiger partial charge < -0.3 is 15.7 Å². The molecule has 0 spiro atoms. The van der Waals surface area contributed by atoms with Crippen LogP contribution < -0.4 is 10.6 Å². The summed E-state index contributed by atoms with van der Waals surface area (Å²) >= 11 is 0. The molecule has 0 aliphatic carbocycles. The molecule has 6 nitrogen and oxygen atoms in total. The largest absolute Gasteiger partial charge is 0.465 e. The van der Waals surface area contributed by atoms with E-state index < -0.39 is 12.1 Å². The molecule has 0 aromatic heterocycles. The Morgan fingerprint density at radius 2 is 2.00 bits per heavy atom. The summed E-state index contributed by atoms with van der Waals surface area (Å²) in [7, 11) is 1.50. The second-order valence-corrected chi connectivity index (χ2v) is 4.04. The first-order chi connectivity index (χ1) is 9.05. The topological polar surface area (TPSA) is 102 Å². The number of carbonyl (C=O) groups excluding carboxylic acids is 1. The van der Waals surface area contributed by atoms with Gasteiger partial charge in [0, 0.05) is 19.5 Å². The highest BCUT2D eigenvalue weighted by molar-refractivity contribution is 5.77. The van der Waals surface area contributed by atoms with E-state index in [1.165, 1.54) is 7.05 Å². The Bertz CT molecular complexity index is 491. The minimum absolute atomic E-state index is 0.0722. The van der Waals surface area contributed by atoms with E-state index in [0.717, 1.165) is 5.56 Å². The molecule has 0 aliphatic rings. The average Bonchev–Trinajstić information content (AvgIpc) is 2.38. The van der Waals surface area contributed by atoms with E-state index in [1.807, 2.05) is 6.07 Å². The molecule has 100 valence electrons. The Hall–Kier alpha value is -2.55. The fourth-order valence-corrected chi connectivity index (χ4v) is 1.67. The predicted octanol–water partition coefficient (Wildman–Crippen LogP) is 0.873. The lowest BCUT2D eigenvalue weighted by atomic mass is 10.0. The van der Waals surface area contributed by atoms with Crippen LogP contribution in [-0.2, 0) is 11.2 Å². The van der Waals surface area contributed by atoms with Crippen molar-refractivity contribution in [1.82, 2.24) is 10.6 Å². The predicted molar refractivity (Wildman–Crippen MR) is 68.5 cm³/mol. The maximum Gasteiger partial charge on any atom is 0.404 e. The van der Waals surface area contributed by atoms with Crippen molar-refractivity contribution in [1.29, 1.82) is 5.26 Å². The minimum Gasteiger partial charge on any atom is -0.465 e. The molecule has 1 rings (SSSR count). The molecule has 2 amide bonds. The van der Waals surface area contributed by atoms with E-state index in [2.05, 4.69) is 10.6 Å². The highest BCUT2D eigenvalue weighted by Crippen LogP contribution is 2.08.